The first-order chi connectivity index (χ1) is 14.5. The fourth-order valence-corrected chi connectivity index (χ4v) is 2.84. The Kier molecular flexibility index (Phi) is 12.3. The lowest BCUT2D eigenvalue weighted by Crippen LogP contribution is -2.36. The van der Waals surface area contributed by atoms with Crippen LogP contribution in [0.3, 0.4) is 0 Å². The van der Waals surface area contributed by atoms with Gasteiger partial charge in [-0.3, -0.25) is 14.9 Å². The van der Waals surface area contributed by atoms with Crippen LogP contribution in [-0.4, -0.2) is 54.9 Å². The molecule has 168 valence electrons. The minimum Gasteiger partial charge on any atom is -0.462 e. The van der Waals surface area contributed by atoms with Gasteiger partial charge in [0.05, 0.1) is 22.8 Å². The molecule has 0 bridgehead atoms. The van der Waals surface area contributed by atoms with Gasteiger partial charge >= 0.3 is 5.97 Å². The van der Waals surface area contributed by atoms with E-state index >= 15 is 0 Å². The van der Waals surface area contributed by atoms with Crippen LogP contribution in [0.5, 0.6) is 0 Å². The summed E-state index contributed by atoms with van der Waals surface area (Å²) in [4.78, 5) is 37.3. The van der Waals surface area contributed by atoms with E-state index in [1.54, 1.807) is 6.92 Å². The lowest BCUT2D eigenvalue weighted by Gasteiger charge is -2.25. The van der Waals surface area contributed by atoms with Gasteiger partial charge in [-0.05, 0) is 32.3 Å². The van der Waals surface area contributed by atoms with Crippen molar-refractivity contribution in [3.8, 4) is 0 Å². The number of hydrogen-bond acceptors (Lipinski definition) is 7. The normalized spacial score (nSPS) is 10.6. The molecular weight excluding hydrogens is 392 g/mol. The molecule has 0 unspecified atom stereocenters. The van der Waals surface area contributed by atoms with E-state index in [1.807, 2.05) is 6.92 Å². The Hall–Kier alpha value is -2.52. The summed E-state index contributed by atoms with van der Waals surface area (Å²) in [5, 5.41) is 20.1. The lowest BCUT2D eigenvalue weighted by atomic mass is 10.1. The molecule has 1 aromatic rings. The molecule has 0 radical (unpaired) electrons. The molecule has 9 nitrogen and oxygen atoms in total. The first kappa shape index (κ1) is 25.5. The van der Waals surface area contributed by atoms with E-state index in [4.69, 9.17) is 14.6 Å². The zero-order chi connectivity index (χ0) is 22.4. The van der Waals surface area contributed by atoms with E-state index in [0.717, 1.165) is 31.7 Å². The molecule has 30 heavy (non-hydrogen) atoms. The maximum atomic E-state index is 12.9. The highest BCUT2D eigenvalue weighted by molar-refractivity contribution is 6.03. The van der Waals surface area contributed by atoms with E-state index in [-0.39, 0.29) is 42.7 Å². The van der Waals surface area contributed by atoms with Gasteiger partial charge in [-0.25, -0.2) is 4.79 Å². The van der Waals surface area contributed by atoms with Gasteiger partial charge in [0.2, 0.25) is 0 Å². The molecule has 1 rings (SSSR count). The molecule has 0 aliphatic rings. The van der Waals surface area contributed by atoms with Gasteiger partial charge in [0.15, 0.2) is 0 Å². The van der Waals surface area contributed by atoms with Gasteiger partial charge < -0.3 is 19.5 Å². The van der Waals surface area contributed by atoms with E-state index in [2.05, 4.69) is 0 Å². The Morgan fingerprint density at radius 2 is 1.87 bits per heavy atom. The summed E-state index contributed by atoms with van der Waals surface area (Å²) < 4.78 is 10.5. The number of rotatable bonds is 15. The van der Waals surface area contributed by atoms with Crippen molar-refractivity contribution in [3.05, 3.63) is 33.9 Å². The number of anilines is 1. The number of unbranched alkanes of at least 4 members (excludes halogenated alkanes) is 4. The summed E-state index contributed by atoms with van der Waals surface area (Å²) in [5.41, 5.74) is -0.00930. The third-order valence-electron chi connectivity index (χ3n) is 4.44. The number of aliphatic hydroxyl groups is 1. The molecule has 1 N–H and O–H groups in total. The summed E-state index contributed by atoms with van der Waals surface area (Å²) in [5.74, 6) is -1.05. The molecule has 1 amide bonds. The van der Waals surface area contributed by atoms with E-state index in [1.165, 1.54) is 17.0 Å². The van der Waals surface area contributed by atoms with Crippen molar-refractivity contribution in [2.24, 2.45) is 0 Å². The van der Waals surface area contributed by atoms with Gasteiger partial charge in [-0.1, -0.05) is 26.2 Å². The highest BCUT2D eigenvalue weighted by Gasteiger charge is 2.25. The molecule has 0 fully saturated rings. The molecule has 0 spiro atoms. The Labute approximate surface area is 177 Å². The van der Waals surface area contributed by atoms with Crippen LogP contribution in [0.1, 0.15) is 62.7 Å². The predicted molar refractivity (Wildman–Crippen MR) is 113 cm³/mol. The number of nitro groups is 1. The van der Waals surface area contributed by atoms with Crippen molar-refractivity contribution >= 4 is 23.3 Å². The molecule has 0 saturated carbocycles. The van der Waals surface area contributed by atoms with E-state index < -0.39 is 10.9 Å². The molecule has 0 saturated heterocycles. The third-order valence-corrected chi connectivity index (χ3v) is 4.44. The van der Waals surface area contributed by atoms with Crippen molar-refractivity contribution in [1.29, 1.82) is 0 Å². The maximum absolute atomic E-state index is 12.9. The SMILES string of the molecule is CCCCOCC(=O)N(CCCCCCO)c1ccc([N+](=O)[O-])cc1C(=O)OCC. The van der Waals surface area contributed by atoms with Crippen molar-refractivity contribution < 1.29 is 29.1 Å². The number of nitro benzene ring substituents is 1. The average Bonchev–Trinajstić information content (AvgIpc) is 2.73. The van der Waals surface area contributed by atoms with Crippen molar-refractivity contribution in [1.82, 2.24) is 0 Å². The molecule has 9 heteroatoms. The van der Waals surface area contributed by atoms with Crippen LogP contribution in [0.4, 0.5) is 11.4 Å². The second-order valence-electron chi connectivity index (χ2n) is 6.77. The van der Waals surface area contributed by atoms with Gasteiger partial charge in [0, 0.05) is 31.9 Å². The second-order valence-corrected chi connectivity index (χ2v) is 6.77. The molecule has 0 aromatic heterocycles. The van der Waals surface area contributed by atoms with Crippen molar-refractivity contribution in [2.75, 3.05) is 37.9 Å². The number of ether oxygens (including phenoxy) is 2. The number of carbonyl (C=O) groups excluding carboxylic acids is 2. The molecule has 0 heterocycles. The highest BCUT2D eigenvalue weighted by atomic mass is 16.6. The lowest BCUT2D eigenvalue weighted by molar-refractivity contribution is -0.384. The van der Waals surface area contributed by atoms with E-state index in [0.29, 0.717) is 26.0 Å². The summed E-state index contributed by atoms with van der Waals surface area (Å²) in [6, 6.07) is 3.81. The number of esters is 1. The van der Waals surface area contributed by atoms with Crippen LogP contribution in [-0.2, 0) is 14.3 Å². The fraction of sp³-hybridized carbons (Fsp3) is 0.619. The Bertz CT molecular complexity index is 694. The fourth-order valence-electron chi connectivity index (χ4n) is 2.84. The minimum absolute atomic E-state index is 0.0247. The standard InChI is InChI=1S/C21H32N2O7/c1-3-5-14-29-16-20(25)22(12-8-6-7-9-13-24)19-11-10-17(23(27)28)15-18(19)21(26)30-4-2/h10-11,15,24H,3-9,12-14,16H2,1-2H3. The van der Waals surface area contributed by atoms with Crippen molar-refractivity contribution in [3.63, 3.8) is 0 Å². The third kappa shape index (κ3) is 8.46. The number of non-ortho nitro benzene ring substituents is 1. The van der Waals surface area contributed by atoms with Crippen molar-refractivity contribution in [2.45, 2.75) is 52.4 Å². The molecule has 0 aliphatic heterocycles. The first-order valence-electron chi connectivity index (χ1n) is 10.4. The summed E-state index contributed by atoms with van der Waals surface area (Å²) in [6.07, 6.45) is 4.72. The summed E-state index contributed by atoms with van der Waals surface area (Å²) in [6.45, 7) is 4.52. The average molecular weight is 424 g/mol. The van der Waals surface area contributed by atoms with Crippen LogP contribution in [0.25, 0.3) is 0 Å². The Balaban J connectivity index is 3.13. The number of hydrogen-bond donors (Lipinski definition) is 1. The zero-order valence-corrected chi connectivity index (χ0v) is 17.8. The van der Waals surface area contributed by atoms with Gasteiger partial charge in [-0.15, -0.1) is 0 Å². The predicted octanol–water partition coefficient (Wildman–Crippen LogP) is 3.47. The number of aliphatic hydroxyl groups excluding tert-OH is 1. The number of carbonyl (C=O) groups is 2. The van der Waals surface area contributed by atoms with Crippen LogP contribution < -0.4 is 4.90 Å². The quantitative estimate of drug-likeness (QED) is 0.198. The zero-order valence-electron chi connectivity index (χ0n) is 17.8. The van der Waals surface area contributed by atoms with E-state index in [9.17, 15) is 19.7 Å². The summed E-state index contributed by atoms with van der Waals surface area (Å²) in [7, 11) is 0. The molecule has 0 aliphatic carbocycles. The highest BCUT2D eigenvalue weighted by Crippen LogP contribution is 2.27. The number of amides is 1. The largest absolute Gasteiger partial charge is 0.462 e. The maximum Gasteiger partial charge on any atom is 0.340 e. The molecule has 1 aromatic carbocycles. The Morgan fingerprint density at radius 1 is 1.13 bits per heavy atom. The van der Waals surface area contributed by atoms with Crippen LogP contribution in [0, 0.1) is 10.1 Å². The number of benzene rings is 1. The van der Waals surface area contributed by atoms with Gasteiger partial charge in [-0.2, -0.15) is 0 Å². The molecular formula is C21H32N2O7. The minimum atomic E-state index is -0.721. The Morgan fingerprint density at radius 3 is 2.50 bits per heavy atom. The van der Waals surface area contributed by atoms with Crippen LogP contribution >= 0.6 is 0 Å². The van der Waals surface area contributed by atoms with Crippen LogP contribution in [0.15, 0.2) is 18.2 Å². The monoisotopic (exact) mass is 424 g/mol. The first-order valence-corrected chi connectivity index (χ1v) is 10.4. The summed E-state index contributed by atoms with van der Waals surface area (Å²) >= 11 is 0. The molecule has 0 atom stereocenters. The van der Waals surface area contributed by atoms with Gasteiger partial charge in [0.25, 0.3) is 11.6 Å². The van der Waals surface area contributed by atoms with Gasteiger partial charge in [0.1, 0.15) is 6.61 Å². The smallest absolute Gasteiger partial charge is 0.340 e. The number of nitrogens with zero attached hydrogens (tertiary/aromatic N) is 2. The topological polar surface area (TPSA) is 119 Å². The van der Waals surface area contributed by atoms with Crippen LogP contribution in [0.2, 0.25) is 0 Å². The second kappa shape index (κ2) is 14.5.